The van der Waals surface area contributed by atoms with Crippen molar-refractivity contribution in [2.24, 2.45) is 35.3 Å². The maximum atomic E-state index is 14.2. The average Bonchev–Trinajstić information content (AvgIpc) is 2.79. The van der Waals surface area contributed by atoms with Gasteiger partial charge in [-0.05, 0) is 101 Å². The molecule has 0 aromatic heterocycles. The summed E-state index contributed by atoms with van der Waals surface area (Å²) in [7, 11) is 0. The molecule has 0 heterocycles. The molecule has 0 bridgehead atoms. The van der Waals surface area contributed by atoms with E-state index < -0.39 is 187 Å². The summed E-state index contributed by atoms with van der Waals surface area (Å²) >= 11 is 1.36. The first-order valence-corrected chi connectivity index (χ1v) is 30.2. The summed E-state index contributed by atoms with van der Waals surface area (Å²) in [6.45, 7) is 20.9. The lowest BCUT2D eigenvalue weighted by molar-refractivity contribution is -0.141. The van der Waals surface area contributed by atoms with Gasteiger partial charge >= 0.3 is 11.9 Å². The second-order valence-corrected chi connectivity index (χ2v) is 24.2. The number of thioether (sulfide) groups is 1. The number of hydrogen-bond acceptors (Lipinski definition) is 17. The van der Waals surface area contributed by atoms with Crippen LogP contribution >= 0.6 is 11.8 Å². The zero-order chi connectivity index (χ0) is 66.5. The third kappa shape index (κ3) is 30.3. The molecule has 0 radical (unpaired) electrons. The molecule has 0 aliphatic rings. The zero-order valence-corrected chi connectivity index (χ0v) is 53.0. The quantitative estimate of drug-likeness (QED) is 0.0290. The molecule has 0 unspecified atom stereocenters. The van der Waals surface area contributed by atoms with E-state index in [9.17, 15) is 77.3 Å². The smallest absolute Gasteiger partial charge is 0.325 e. The minimum Gasteiger partial charge on any atom is -0.481 e. The highest BCUT2D eigenvalue weighted by Crippen LogP contribution is 2.14. The number of carboxylic acids is 2. The van der Waals surface area contributed by atoms with E-state index in [1.807, 2.05) is 0 Å². The van der Waals surface area contributed by atoms with Gasteiger partial charge in [-0.1, -0.05) is 69.2 Å². The molecule has 0 aromatic rings. The summed E-state index contributed by atoms with van der Waals surface area (Å²) in [5.74, 6) is -14.2. The normalized spacial score (nSPS) is 15.5. The predicted molar refractivity (Wildman–Crippen MR) is 318 cm³/mol. The number of nitrogens with two attached hydrogens (primary N) is 1. The maximum Gasteiger partial charge on any atom is 0.325 e. The average molecular weight is 1240 g/mol. The van der Waals surface area contributed by atoms with E-state index in [1.165, 1.54) is 39.5 Å². The van der Waals surface area contributed by atoms with Crippen LogP contribution in [0.2, 0.25) is 0 Å². The molecule has 0 saturated heterocycles. The minimum absolute atomic E-state index is 0.000750. The molecule has 0 aromatic carbocycles. The van der Waals surface area contributed by atoms with Crippen molar-refractivity contribution in [3.05, 3.63) is 0 Å². The van der Waals surface area contributed by atoms with Crippen molar-refractivity contribution in [3.63, 3.8) is 0 Å². The van der Waals surface area contributed by atoms with Gasteiger partial charge in [-0.3, -0.25) is 67.1 Å². The number of carbonyl (C=O) groups excluding carboxylic acids is 12. The maximum absolute atomic E-state index is 14.2. The van der Waals surface area contributed by atoms with Gasteiger partial charge in [-0.2, -0.15) is 11.8 Å². The van der Waals surface area contributed by atoms with Gasteiger partial charge in [-0.25, -0.2) is 0 Å². The van der Waals surface area contributed by atoms with Crippen LogP contribution in [0.25, 0.3) is 0 Å². The van der Waals surface area contributed by atoms with Gasteiger partial charge in [0.05, 0.1) is 19.2 Å². The monoisotopic (exact) mass is 1240 g/mol. The van der Waals surface area contributed by atoms with E-state index in [4.69, 9.17) is 10.8 Å². The standard InChI is InChI=1S/C55H97N13O17S/c1-25(2)20-36(63-50(79)37(21-26(3)4)64-51(80)38(22-27(5)6)65-54(83)44(33(14)69)68-53(82)43(29(9)10)67-46(75)30(11)58-39(70)23-56)49(78)61-34(16-17-41(72)73)47(76)57-24-40(71)66-42(28(7)8)52(81)62-35(18-19-86-15)48(77)59-31(12)45(74)60-32(13)55(84)85/h25-38,42-44,69H,16-24,56H2,1-15H3,(H,57,76)(H,58,70)(H,59,77)(H,60,74)(H,61,78)(H,62,81)(H,63,79)(H,64,80)(H,65,83)(H,66,71)(H,67,75)(H,68,82)(H,72,73)(H,84,85)/t30-,31-,32-,33+,34-,35-,36-,37-,38-,42-,43-,44-/m0/s1. The Labute approximate surface area is 507 Å². The SMILES string of the molecule is CSCC[C@H](NC(=O)[C@@H](NC(=O)CNC(=O)[C@H](CCC(=O)O)NC(=O)[C@H](CC(C)C)NC(=O)[C@H](CC(C)C)NC(=O)[C@H](CC(C)C)NC(=O)[C@@H](NC(=O)[C@@H](NC(=O)[C@H](C)NC(=O)CN)C(C)C)[C@@H](C)O)C(C)C)C(=O)N[C@@H](C)C(=O)N[C@@H](C)C(=O)O. The van der Waals surface area contributed by atoms with Crippen LogP contribution in [0.5, 0.6) is 0 Å². The van der Waals surface area contributed by atoms with Crippen LogP contribution in [-0.4, -0.2) is 196 Å². The Bertz CT molecular complexity index is 2340. The summed E-state index contributed by atoms with van der Waals surface area (Å²) in [5, 5.41) is 59.2. The highest BCUT2D eigenvalue weighted by atomic mass is 32.2. The lowest BCUT2D eigenvalue weighted by Gasteiger charge is -2.30. The number of rotatable bonds is 40. The first kappa shape index (κ1) is 78.8. The summed E-state index contributed by atoms with van der Waals surface area (Å²) < 4.78 is 0. The van der Waals surface area contributed by atoms with Crippen molar-refractivity contribution in [1.82, 2.24) is 63.8 Å². The number of hydrogen-bond donors (Lipinski definition) is 16. The molecule has 12 amide bonds. The molecule has 490 valence electrons. The molecule has 0 aliphatic heterocycles. The summed E-state index contributed by atoms with van der Waals surface area (Å²) in [4.78, 5) is 184. The molecule has 31 heteroatoms. The topological polar surface area (TPSA) is 470 Å². The van der Waals surface area contributed by atoms with Crippen molar-refractivity contribution in [3.8, 4) is 0 Å². The van der Waals surface area contributed by atoms with E-state index in [0.29, 0.717) is 5.75 Å². The Kier molecular flexibility index (Phi) is 36.2. The molecule has 0 fully saturated rings. The third-order valence-corrected chi connectivity index (χ3v) is 13.6. The van der Waals surface area contributed by atoms with E-state index >= 15 is 0 Å². The van der Waals surface area contributed by atoms with Gasteiger partial charge < -0.3 is 84.9 Å². The number of aliphatic hydroxyl groups is 1. The van der Waals surface area contributed by atoms with Crippen molar-refractivity contribution >= 4 is 94.6 Å². The molecule has 0 saturated carbocycles. The molecule has 30 nitrogen and oxygen atoms in total. The van der Waals surface area contributed by atoms with Crippen molar-refractivity contribution < 1.29 is 82.4 Å². The largest absolute Gasteiger partial charge is 0.481 e. The number of aliphatic carboxylic acids is 2. The Balaban J connectivity index is 6.50. The lowest BCUT2D eigenvalue weighted by atomic mass is 9.98. The molecule has 12 atom stereocenters. The second-order valence-electron chi connectivity index (χ2n) is 23.2. The summed E-state index contributed by atoms with van der Waals surface area (Å²) in [6, 6.07) is -14.6. The van der Waals surface area contributed by atoms with Crippen LogP contribution in [0.15, 0.2) is 0 Å². The number of nitrogens with one attached hydrogen (secondary N) is 12. The lowest BCUT2D eigenvalue weighted by Crippen LogP contribution is -2.62. The molecule has 86 heavy (non-hydrogen) atoms. The van der Waals surface area contributed by atoms with Gasteiger partial charge in [0.2, 0.25) is 70.9 Å². The predicted octanol–water partition coefficient (Wildman–Crippen LogP) is -3.01. The van der Waals surface area contributed by atoms with Gasteiger partial charge in [0.1, 0.15) is 66.5 Å². The number of amides is 12. The van der Waals surface area contributed by atoms with Crippen LogP contribution in [0, 0.1) is 29.6 Å². The Morgan fingerprint density at radius 2 is 0.756 bits per heavy atom. The fourth-order valence-corrected chi connectivity index (χ4v) is 8.62. The molecule has 0 spiro atoms. The first-order valence-electron chi connectivity index (χ1n) is 28.8. The van der Waals surface area contributed by atoms with E-state index in [1.54, 1.807) is 75.5 Å². The number of carboxylic acid groups (broad SMARTS) is 2. The van der Waals surface area contributed by atoms with E-state index in [2.05, 4.69) is 63.8 Å². The molecule has 17 N–H and O–H groups in total. The fraction of sp³-hybridized carbons (Fsp3) is 0.745. The molecule has 0 aliphatic carbocycles. The Morgan fingerprint density at radius 3 is 1.17 bits per heavy atom. The van der Waals surface area contributed by atoms with E-state index in [-0.39, 0.29) is 50.0 Å². The molecule has 0 rings (SSSR count). The summed E-state index contributed by atoms with van der Waals surface area (Å²) in [5.41, 5.74) is 5.33. The van der Waals surface area contributed by atoms with E-state index in [0.717, 1.165) is 0 Å². The van der Waals surface area contributed by atoms with Gasteiger partial charge in [0.15, 0.2) is 0 Å². The molecular weight excluding hydrogens is 1150 g/mol. The summed E-state index contributed by atoms with van der Waals surface area (Å²) in [6.07, 6.45) is -0.813. The highest BCUT2D eigenvalue weighted by molar-refractivity contribution is 7.98. The van der Waals surface area contributed by atoms with Crippen LogP contribution in [0.1, 0.15) is 135 Å². The minimum atomic E-state index is -1.66. The van der Waals surface area contributed by atoms with Crippen LogP contribution < -0.4 is 69.5 Å². The van der Waals surface area contributed by atoms with Crippen molar-refractivity contribution in [1.29, 1.82) is 0 Å². The number of carbonyl (C=O) groups is 14. The van der Waals surface area contributed by atoms with Crippen LogP contribution in [0.3, 0.4) is 0 Å². The number of aliphatic hydroxyl groups excluding tert-OH is 1. The van der Waals surface area contributed by atoms with Gasteiger partial charge in [-0.15, -0.1) is 0 Å². The van der Waals surface area contributed by atoms with Crippen LogP contribution in [-0.2, 0) is 67.1 Å². The van der Waals surface area contributed by atoms with Gasteiger partial charge in [0, 0.05) is 6.42 Å². The Hall–Kier alpha value is -7.15. The molecular formula is C55H97N13O17S. The first-order chi connectivity index (χ1) is 39.9. The van der Waals surface area contributed by atoms with Crippen molar-refractivity contribution in [2.45, 2.75) is 208 Å². The fourth-order valence-electron chi connectivity index (χ4n) is 8.15. The van der Waals surface area contributed by atoms with Crippen LogP contribution in [0.4, 0.5) is 0 Å². The Morgan fingerprint density at radius 1 is 0.395 bits per heavy atom. The highest BCUT2D eigenvalue weighted by Gasteiger charge is 2.37. The van der Waals surface area contributed by atoms with Gasteiger partial charge in [0.25, 0.3) is 0 Å². The third-order valence-electron chi connectivity index (χ3n) is 13.0. The zero-order valence-electron chi connectivity index (χ0n) is 52.2. The second kappa shape index (κ2) is 39.5. The van der Waals surface area contributed by atoms with Crippen molar-refractivity contribution in [2.75, 3.05) is 25.1 Å².